The average molecular weight is 390 g/mol. The quantitative estimate of drug-likeness (QED) is 0.685. The molecule has 150 valence electrons. The summed E-state index contributed by atoms with van der Waals surface area (Å²) in [5.41, 5.74) is 2.60. The number of aryl methyl sites for hydroxylation is 1. The molecule has 2 aliphatic rings. The SMILES string of the molecule is Cc1cnc(C2CCOCC2)n1CC1CN(C(=O)c2ccc3ccccc3n2)C1. The van der Waals surface area contributed by atoms with Crippen LogP contribution in [0.3, 0.4) is 0 Å². The summed E-state index contributed by atoms with van der Waals surface area (Å²) in [6, 6.07) is 11.7. The zero-order valence-corrected chi connectivity index (χ0v) is 16.8. The predicted octanol–water partition coefficient (Wildman–Crippen LogP) is 3.41. The van der Waals surface area contributed by atoms with Crippen LogP contribution in [0.15, 0.2) is 42.6 Å². The lowest BCUT2D eigenvalue weighted by Gasteiger charge is -2.40. The van der Waals surface area contributed by atoms with Gasteiger partial charge in [-0.05, 0) is 31.9 Å². The number of nitrogens with zero attached hydrogens (tertiary/aromatic N) is 4. The highest BCUT2D eigenvalue weighted by Gasteiger charge is 2.33. The zero-order valence-electron chi connectivity index (χ0n) is 16.8. The first-order valence-electron chi connectivity index (χ1n) is 10.4. The summed E-state index contributed by atoms with van der Waals surface area (Å²) in [7, 11) is 0. The number of carbonyl (C=O) groups excluding carboxylic acids is 1. The maximum atomic E-state index is 12.8. The minimum atomic E-state index is 0.0269. The number of hydrogen-bond acceptors (Lipinski definition) is 4. The van der Waals surface area contributed by atoms with Crippen molar-refractivity contribution in [3.05, 3.63) is 59.8 Å². The third kappa shape index (κ3) is 3.53. The van der Waals surface area contributed by atoms with Crippen LogP contribution < -0.4 is 0 Å². The number of likely N-dealkylation sites (tertiary alicyclic amines) is 1. The second-order valence-electron chi connectivity index (χ2n) is 8.22. The number of benzene rings is 1. The Kier molecular flexibility index (Phi) is 4.79. The van der Waals surface area contributed by atoms with Gasteiger partial charge < -0.3 is 14.2 Å². The van der Waals surface area contributed by atoms with Crippen molar-refractivity contribution in [3.63, 3.8) is 0 Å². The number of carbonyl (C=O) groups is 1. The first kappa shape index (κ1) is 18.3. The molecule has 2 aromatic heterocycles. The number of rotatable bonds is 4. The Labute approximate surface area is 170 Å². The van der Waals surface area contributed by atoms with Crippen molar-refractivity contribution in [2.75, 3.05) is 26.3 Å². The Morgan fingerprint density at radius 2 is 1.93 bits per heavy atom. The Morgan fingerprint density at radius 1 is 1.14 bits per heavy atom. The summed E-state index contributed by atoms with van der Waals surface area (Å²) >= 11 is 0. The van der Waals surface area contributed by atoms with Crippen molar-refractivity contribution in [1.82, 2.24) is 19.4 Å². The van der Waals surface area contributed by atoms with E-state index in [1.54, 1.807) is 0 Å². The van der Waals surface area contributed by atoms with E-state index >= 15 is 0 Å². The van der Waals surface area contributed by atoms with Crippen molar-refractivity contribution in [1.29, 1.82) is 0 Å². The van der Waals surface area contributed by atoms with E-state index in [-0.39, 0.29) is 5.91 Å². The second-order valence-corrected chi connectivity index (χ2v) is 8.22. The van der Waals surface area contributed by atoms with Crippen molar-refractivity contribution in [3.8, 4) is 0 Å². The second kappa shape index (κ2) is 7.59. The summed E-state index contributed by atoms with van der Waals surface area (Å²) in [5, 5.41) is 1.06. The smallest absolute Gasteiger partial charge is 0.272 e. The molecule has 1 aromatic carbocycles. The molecule has 2 aliphatic heterocycles. The Morgan fingerprint density at radius 3 is 2.76 bits per heavy atom. The van der Waals surface area contributed by atoms with Crippen molar-refractivity contribution >= 4 is 16.8 Å². The van der Waals surface area contributed by atoms with Gasteiger partial charge in [0.15, 0.2) is 0 Å². The molecule has 0 spiro atoms. The molecule has 1 amide bonds. The van der Waals surface area contributed by atoms with Gasteiger partial charge in [-0.2, -0.15) is 0 Å². The molecule has 0 radical (unpaired) electrons. The maximum absolute atomic E-state index is 12.8. The number of imidazole rings is 1. The number of amides is 1. The van der Waals surface area contributed by atoms with Crippen molar-refractivity contribution in [2.24, 2.45) is 5.92 Å². The molecule has 2 saturated heterocycles. The lowest BCUT2D eigenvalue weighted by molar-refractivity contribution is 0.0455. The molecular weight excluding hydrogens is 364 g/mol. The third-order valence-corrected chi connectivity index (χ3v) is 6.18. The zero-order chi connectivity index (χ0) is 19.8. The lowest BCUT2D eigenvalue weighted by Crippen LogP contribution is -2.51. The molecule has 0 N–H and O–H groups in total. The molecule has 3 aromatic rings. The van der Waals surface area contributed by atoms with Gasteiger partial charge >= 0.3 is 0 Å². The average Bonchev–Trinajstić information content (AvgIpc) is 3.10. The van der Waals surface area contributed by atoms with Gasteiger partial charge in [0.05, 0.1) is 5.52 Å². The minimum absolute atomic E-state index is 0.0269. The summed E-state index contributed by atoms with van der Waals surface area (Å²) in [5.74, 6) is 2.16. The molecule has 4 heterocycles. The third-order valence-electron chi connectivity index (χ3n) is 6.18. The van der Waals surface area contributed by atoms with Gasteiger partial charge in [-0.1, -0.05) is 24.3 Å². The van der Waals surface area contributed by atoms with Gasteiger partial charge in [-0.25, -0.2) is 9.97 Å². The molecule has 6 nitrogen and oxygen atoms in total. The summed E-state index contributed by atoms with van der Waals surface area (Å²) in [4.78, 5) is 24.0. The number of aromatic nitrogens is 3. The van der Waals surface area contributed by atoms with Crippen molar-refractivity contribution in [2.45, 2.75) is 32.2 Å². The topological polar surface area (TPSA) is 60.2 Å². The molecule has 6 heteroatoms. The Bertz CT molecular complexity index is 1030. The number of pyridine rings is 1. The normalized spacial score (nSPS) is 18.2. The van der Waals surface area contributed by atoms with Gasteiger partial charge in [0, 0.05) is 62.0 Å². The highest BCUT2D eigenvalue weighted by atomic mass is 16.5. The number of hydrogen-bond donors (Lipinski definition) is 0. The van der Waals surface area contributed by atoms with Gasteiger partial charge in [0.2, 0.25) is 0 Å². The highest BCUT2D eigenvalue weighted by Crippen LogP contribution is 2.29. The molecule has 0 atom stereocenters. The number of para-hydroxylation sites is 1. The predicted molar refractivity (Wildman–Crippen MR) is 111 cm³/mol. The van der Waals surface area contributed by atoms with E-state index in [9.17, 15) is 4.79 Å². The Hall–Kier alpha value is -2.73. The first-order chi connectivity index (χ1) is 14.2. The van der Waals surface area contributed by atoms with Crippen LogP contribution in [-0.2, 0) is 11.3 Å². The van der Waals surface area contributed by atoms with Crippen LogP contribution >= 0.6 is 0 Å². The fourth-order valence-corrected chi connectivity index (χ4v) is 4.46. The Balaban J connectivity index is 1.24. The molecule has 0 aliphatic carbocycles. The molecule has 0 saturated carbocycles. The lowest BCUT2D eigenvalue weighted by atomic mass is 9.97. The van der Waals surface area contributed by atoms with Crippen LogP contribution in [-0.4, -0.2) is 51.6 Å². The molecule has 0 unspecified atom stereocenters. The fraction of sp³-hybridized carbons (Fsp3) is 0.435. The van der Waals surface area contributed by atoms with Crippen LogP contribution in [0, 0.1) is 12.8 Å². The van der Waals surface area contributed by atoms with E-state index in [2.05, 4.69) is 16.5 Å². The minimum Gasteiger partial charge on any atom is -0.381 e. The number of ether oxygens (including phenoxy) is 1. The monoisotopic (exact) mass is 390 g/mol. The van der Waals surface area contributed by atoms with E-state index in [4.69, 9.17) is 9.72 Å². The van der Waals surface area contributed by atoms with Crippen LogP contribution in [0.4, 0.5) is 0 Å². The van der Waals surface area contributed by atoms with Crippen LogP contribution in [0.1, 0.15) is 40.8 Å². The maximum Gasteiger partial charge on any atom is 0.272 e. The van der Waals surface area contributed by atoms with Gasteiger partial charge in [0.25, 0.3) is 5.91 Å². The van der Waals surface area contributed by atoms with Crippen LogP contribution in [0.25, 0.3) is 10.9 Å². The molecular formula is C23H26N4O2. The molecule has 2 fully saturated rings. The highest BCUT2D eigenvalue weighted by molar-refractivity contribution is 5.95. The molecule has 29 heavy (non-hydrogen) atoms. The largest absolute Gasteiger partial charge is 0.381 e. The summed E-state index contributed by atoms with van der Waals surface area (Å²) < 4.78 is 7.86. The standard InChI is InChI=1S/C23H26N4O2/c1-16-12-24-22(19-8-10-29-11-9-19)27(16)15-17-13-26(14-17)23(28)21-7-6-18-4-2-3-5-20(18)25-21/h2-7,12,17,19H,8-11,13-15H2,1H3. The van der Waals surface area contributed by atoms with E-state index in [1.807, 2.05) is 47.5 Å². The van der Waals surface area contributed by atoms with Gasteiger partial charge in [-0.3, -0.25) is 4.79 Å². The van der Waals surface area contributed by atoms with Crippen LogP contribution in [0.2, 0.25) is 0 Å². The van der Waals surface area contributed by atoms with E-state index in [0.717, 1.165) is 56.6 Å². The molecule has 5 rings (SSSR count). The van der Waals surface area contributed by atoms with Gasteiger partial charge in [-0.15, -0.1) is 0 Å². The summed E-state index contributed by atoms with van der Waals surface area (Å²) in [6.45, 7) is 6.24. The van der Waals surface area contributed by atoms with E-state index in [0.29, 0.717) is 17.5 Å². The van der Waals surface area contributed by atoms with Crippen LogP contribution in [0.5, 0.6) is 0 Å². The summed E-state index contributed by atoms with van der Waals surface area (Å²) in [6.07, 6.45) is 4.06. The van der Waals surface area contributed by atoms with Crippen molar-refractivity contribution < 1.29 is 9.53 Å². The van der Waals surface area contributed by atoms with E-state index < -0.39 is 0 Å². The van der Waals surface area contributed by atoms with E-state index in [1.165, 1.54) is 11.5 Å². The fourth-order valence-electron chi connectivity index (χ4n) is 4.46. The molecule has 0 bridgehead atoms. The first-order valence-corrected chi connectivity index (χ1v) is 10.4. The van der Waals surface area contributed by atoms with Gasteiger partial charge in [0.1, 0.15) is 11.5 Å². The number of fused-ring (bicyclic) bond motifs is 1.